The van der Waals surface area contributed by atoms with Gasteiger partial charge in [-0.15, -0.1) is 0 Å². The molecule has 0 amide bonds. The molecule has 0 N–H and O–H groups in total. The van der Waals surface area contributed by atoms with Crippen LogP contribution in [0.15, 0.2) is 12.3 Å². The number of halogens is 2. The van der Waals surface area contributed by atoms with Crippen molar-refractivity contribution in [2.24, 2.45) is 0 Å². The molecule has 1 heterocycles. The number of hydrogen-bond donors (Lipinski definition) is 0. The summed E-state index contributed by atoms with van der Waals surface area (Å²) in [7, 11) is 0. The standard InChI is InChI=1S/C5H6F2N2.C2H6/c1-4-2-3-9(8-4)5(6)7;1-2/h2-3,5H,1H3;1-2H3. The topological polar surface area (TPSA) is 17.8 Å². The molecule has 0 aliphatic rings. The van der Waals surface area contributed by atoms with Crippen LogP contribution in [0.2, 0.25) is 0 Å². The van der Waals surface area contributed by atoms with E-state index in [2.05, 4.69) is 5.10 Å². The summed E-state index contributed by atoms with van der Waals surface area (Å²) in [6, 6.07) is 1.53. The summed E-state index contributed by atoms with van der Waals surface area (Å²) in [6.07, 6.45) is 1.25. The van der Waals surface area contributed by atoms with E-state index in [0.29, 0.717) is 10.4 Å². The molecule has 0 saturated heterocycles. The van der Waals surface area contributed by atoms with Crippen LogP contribution < -0.4 is 0 Å². The zero-order valence-corrected chi connectivity index (χ0v) is 6.88. The summed E-state index contributed by atoms with van der Waals surface area (Å²) in [5, 5.41) is 3.48. The Bertz CT molecular complexity index is 196. The lowest BCUT2D eigenvalue weighted by atomic mass is 10.5. The molecule has 0 radical (unpaired) electrons. The average molecular weight is 162 g/mol. The molecule has 0 fully saturated rings. The van der Waals surface area contributed by atoms with Gasteiger partial charge in [0.15, 0.2) is 0 Å². The predicted octanol–water partition coefficient (Wildman–Crippen LogP) is 2.61. The molecule has 2 nitrogen and oxygen atoms in total. The third-order valence-electron chi connectivity index (χ3n) is 0.942. The summed E-state index contributed by atoms with van der Waals surface area (Å²) in [6.45, 7) is 3.15. The van der Waals surface area contributed by atoms with Crippen LogP contribution in [0.5, 0.6) is 0 Å². The number of aromatic nitrogens is 2. The Kier molecular flexibility index (Phi) is 4.41. The van der Waals surface area contributed by atoms with Crippen molar-refractivity contribution in [3.05, 3.63) is 18.0 Å². The lowest BCUT2D eigenvalue weighted by molar-refractivity contribution is 0.0563. The van der Waals surface area contributed by atoms with Crippen LogP contribution in [0.4, 0.5) is 8.78 Å². The molecule has 1 aromatic rings. The first kappa shape index (κ1) is 10.1. The molecule has 1 aromatic heterocycles. The Balaban J connectivity index is 0.000000461. The fourth-order valence-corrected chi connectivity index (χ4v) is 0.542. The van der Waals surface area contributed by atoms with Gasteiger partial charge in [0, 0.05) is 6.20 Å². The Labute approximate surface area is 64.8 Å². The van der Waals surface area contributed by atoms with Gasteiger partial charge in [-0.3, -0.25) is 0 Å². The monoisotopic (exact) mass is 162 g/mol. The number of aryl methyl sites for hydroxylation is 1. The second-order valence-electron chi connectivity index (χ2n) is 1.71. The largest absolute Gasteiger partial charge is 0.333 e. The number of alkyl halides is 2. The predicted molar refractivity (Wildman–Crippen MR) is 39.6 cm³/mol. The molecule has 11 heavy (non-hydrogen) atoms. The highest BCUT2D eigenvalue weighted by Gasteiger charge is 2.03. The number of hydrogen-bond acceptors (Lipinski definition) is 1. The smallest absolute Gasteiger partial charge is 0.211 e. The van der Waals surface area contributed by atoms with Crippen LogP contribution in [0.1, 0.15) is 26.1 Å². The first-order valence-electron chi connectivity index (χ1n) is 3.50. The Morgan fingerprint density at radius 1 is 1.45 bits per heavy atom. The Morgan fingerprint density at radius 2 is 2.00 bits per heavy atom. The molecular weight excluding hydrogens is 150 g/mol. The quantitative estimate of drug-likeness (QED) is 0.620. The van der Waals surface area contributed by atoms with Crippen LogP contribution in [-0.4, -0.2) is 9.78 Å². The van der Waals surface area contributed by atoms with Gasteiger partial charge in [0.1, 0.15) is 0 Å². The van der Waals surface area contributed by atoms with E-state index in [1.165, 1.54) is 12.3 Å². The van der Waals surface area contributed by atoms with Gasteiger partial charge in [0.25, 0.3) is 0 Å². The van der Waals surface area contributed by atoms with E-state index in [1.54, 1.807) is 6.92 Å². The van der Waals surface area contributed by atoms with Crippen molar-refractivity contribution >= 4 is 0 Å². The van der Waals surface area contributed by atoms with Crippen molar-refractivity contribution in [1.29, 1.82) is 0 Å². The third-order valence-corrected chi connectivity index (χ3v) is 0.942. The lowest BCUT2D eigenvalue weighted by Crippen LogP contribution is -1.97. The van der Waals surface area contributed by atoms with E-state index < -0.39 is 6.55 Å². The van der Waals surface area contributed by atoms with E-state index in [0.717, 1.165) is 0 Å². The summed E-state index contributed by atoms with van der Waals surface area (Å²) in [4.78, 5) is 0. The molecule has 0 aliphatic heterocycles. The maximum Gasteiger partial charge on any atom is 0.333 e. The van der Waals surface area contributed by atoms with E-state index >= 15 is 0 Å². The van der Waals surface area contributed by atoms with Crippen molar-refractivity contribution in [2.45, 2.75) is 27.3 Å². The molecule has 0 unspecified atom stereocenters. The van der Waals surface area contributed by atoms with Gasteiger partial charge in [0.2, 0.25) is 0 Å². The van der Waals surface area contributed by atoms with Gasteiger partial charge < -0.3 is 0 Å². The van der Waals surface area contributed by atoms with Crippen molar-refractivity contribution in [3.8, 4) is 0 Å². The van der Waals surface area contributed by atoms with Crippen LogP contribution in [0, 0.1) is 6.92 Å². The zero-order valence-electron chi connectivity index (χ0n) is 6.88. The van der Waals surface area contributed by atoms with Crippen LogP contribution in [-0.2, 0) is 0 Å². The van der Waals surface area contributed by atoms with E-state index in [-0.39, 0.29) is 0 Å². The SMILES string of the molecule is CC.Cc1ccn(C(F)F)n1. The molecule has 4 heteroatoms. The molecule has 0 atom stereocenters. The molecule has 64 valence electrons. The van der Waals surface area contributed by atoms with Gasteiger partial charge in [-0.25, -0.2) is 4.68 Å². The van der Waals surface area contributed by atoms with Crippen molar-refractivity contribution < 1.29 is 8.78 Å². The summed E-state index contributed by atoms with van der Waals surface area (Å²) in [5.74, 6) is 0. The highest BCUT2D eigenvalue weighted by Crippen LogP contribution is 2.07. The minimum Gasteiger partial charge on any atom is -0.211 e. The second-order valence-corrected chi connectivity index (χ2v) is 1.71. The summed E-state index contributed by atoms with van der Waals surface area (Å²) < 4.78 is 24.0. The Hall–Kier alpha value is -0.930. The van der Waals surface area contributed by atoms with Crippen molar-refractivity contribution in [1.82, 2.24) is 9.78 Å². The number of rotatable bonds is 1. The van der Waals surface area contributed by atoms with Crippen LogP contribution >= 0.6 is 0 Å². The van der Waals surface area contributed by atoms with Gasteiger partial charge >= 0.3 is 6.55 Å². The fourth-order valence-electron chi connectivity index (χ4n) is 0.542. The average Bonchev–Trinajstić information content (AvgIpc) is 2.40. The molecular formula is C7H12F2N2. The molecule has 0 bridgehead atoms. The fraction of sp³-hybridized carbons (Fsp3) is 0.571. The maximum absolute atomic E-state index is 11.7. The lowest BCUT2D eigenvalue weighted by Gasteiger charge is -1.94. The first-order valence-corrected chi connectivity index (χ1v) is 3.50. The molecule has 0 spiro atoms. The first-order chi connectivity index (χ1) is 5.20. The molecule has 0 saturated carbocycles. The zero-order chi connectivity index (χ0) is 8.85. The minimum absolute atomic E-state index is 0.607. The summed E-state index contributed by atoms with van der Waals surface area (Å²) >= 11 is 0. The highest BCUT2D eigenvalue weighted by molar-refractivity contribution is 4.94. The van der Waals surface area contributed by atoms with Crippen LogP contribution in [0.25, 0.3) is 0 Å². The third kappa shape index (κ3) is 3.11. The molecule has 0 aliphatic carbocycles. The van der Waals surface area contributed by atoms with Gasteiger partial charge in [-0.2, -0.15) is 13.9 Å². The van der Waals surface area contributed by atoms with Gasteiger partial charge in [-0.1, -0.05) is 13.8 Å². The molecule has 0 aromatic carbocycles. The molecule has 1 rings (SSSR count). The summed E-state index contributed by atoms with van der Waals surface area (Å²) in [5.41, 5.74) is 0.607. The van der Waals surface area contributed by atoms with Crippen LogP contribution in [0.3, 0.4) is 0 Å². The van der Waals surface area contributed by atoms with Gasteiger partial charge in [-0.05, 0) is 13.0 Å². The normalized spacial score (nSPS) is 9.27. The van der Waals surface area contributed by atoms with Crippen molar-refractivity contribution in [2.75, 3.05) is 0 Å². The minimum atomic E-state index is -2.52. The van der Waals surface area contributed by atoms with E-state index in [9.17, 15) is 8.78 Å². The van der Waals surface area contributed by atoms with E-state index in [4.69, 9.17) is 0 Å². The van der Waals surface area contributed by atoms with Crippen molar-refractivity contribution in [3.63, 3.8) is 0 Å². The Morgan fingerprint density at radius 3 is 2.18 bits per heavy atom. The second kappa shape index (κ2) is 4.82. The number of nitrogens with zero attached hydrogens (tertiary/aromatic N) is 2. The van der Waals surface area contributed by atoms with Gasteiger partial charge in [0.05, 0.1) is 5.69 Å². The maximum atomic E-state index is 11.7. The highest BCUT2D eigenvalue weighted by atomic mass is 19.3. The van der Waals surface area contributed by atoms with E-state index in [1.807, 2.05) is 13.8 Å².